The second-order valence-electron chi connectivity index (χ2n) is 2.57. The van der Waals surface area contributed by atoms with Crippen molar-refractivity contribution in [2.24, 2.45) is 0 Å². The lowest BCUT2D eigenvalue weighted by molar-refractivity contribution is -0.139. The van der Waals surface area contributed by atoms with Gasteiger partial charge in [-0.3, -0.25) is 0 Å². The maximum absolute atomic E-state index is 12.5. The highest BCUT2D eigenvalue weighted by molar-refractivity contribution is 9.10. The monoisotopic (exact) mass is 284 g/mol. The molecule has 0 radical (unpaired) electrons. The molecule has 0 amide bonds. The van der Waals surface area contributed by atoms with Crippen molar-refractivity contribution in [3.63, 3.8) is 0 Å². The van der Waals surface area contributed by atoms with Crippen LogP contribution in [0.3, 0.4) is 0 Å². The Labute approximate surface area is 93.0 Å². The van der Waals surface area contributed by atoms with Gasteiger partial charge in [0.25, 0.3) is 0 Å². The van der Waals surface area contributed by atoms with E-state index in [1.165, 1.54) is 23.9 Å². The first-order valence-corrected chi connectivity index (χ1v) is 5.72. The fraction of sp³-hybridized carbons (Fsp3) is 0.333. The molecule has 0 aliphatic heterocycles. The molecule has 0 bridgehead atoms. The zero-order valence-electron chi connectivity index (χ0n) is 7.36. The molecule has 0 unspecified atom stereocenters. The molecule has 0 spiro atoms. The van der Waals surface area contributed by atoms with Gasteiger partial charge in [-0.1, -0.05) is 22.9 Å². The lowest BCUT2D eigenvalue weighted by Gasteiger charge is -2.11. The highest BCUT2D eigenvalue weighted by Crippen LogP contribution is 2.37. The van der Waals surface area contributed by atoms with Gasteiger partial charge in [-0.2, -0.15) is 13.2 Å². The maximum atomic E-state index is 12.5. The van der Waals surface area contributed by atoms with Crippen molar-refractivity contribution in [2.75, 3.05) is 5.75 Å². The highest BCUT2D eigenvalue weighted by Gasteiger charge is 2.33. The summed E-state index contributed by atoms with van der Waals surface area (Å²) < 4.78 is 38.1. The summed E-state index contributed by atoms with van der Waals surface area (Å²) in [4.78, 5) is 0.273. The van der Waals surface area contributed by atoms with Crippen molar-refractivity contribution in [1.82, 2.24) is 0 Å². The molecule has 0 heterocycles. The number of alkyl halides is 3. The zero-order chi connectivity index (χ0) is 10.8. The molecular formula is C9H8BrF3S. The van der Waals surface area contributed by atoms with E-state index in [0.29, 0.717) is 10.2 Å². The van der Waals surface area contributed by atoms with Crippen LogP contribution in [0, 0.1) is 0 Å². The number of benzene rings is 1. The minimum Gasteiger partial charge on any atom is -0.166 e. The van der Waals surface area contributed by atoms with E-state index in [2.05, 4.69) is 15.9 Å². The van der Waals surface area contributed by atoms with E-state index in [4.69, 9.17) is 0 Å². The van der Waals surface area contributed by atoms with Crippen LogP contribution in [0.5, 0.6) is 0 Å². The minimum absolute atomic E-state index is 0.273. The summed E-state index contributed by atoms with van der Waals surface area (Å²) in [6.07, 6.45) is -4.27. The molecule has 1 aromatic rings. The summed E-state index contributed by atoms with van der Waals surface area (Å²) in [5.41, 5.74) is -0.562. The fourth-order valence-corrected chi connectivity index (χ4v) is 2.38. The molecule has 0 aliphatic rings. The second kappa shape index (κ2) is 4.57. The van der Waals surface area contributed by atoms with Gasteiger partial charge >= 0.3 is 6.18 Å². The standard InChI is InChI=1S/C9H8BrF3S/c1-2-14-8-5-6(10)3-4-7(8)9(11,12)13/h3-5H,2H2,1H3. The third-order valence-electron chi connectivity index (χ3n) is 1.55. The quantitative estimate of drug-likeness (QED) is 0.717. The van der Waals surface area contributed by atoms with Crippen LogP contribution in [0.15, 0.2) is 27.6 Å². The van der Waals surface area contributed by atoms with Crippen LogP contribution in [-0.4, -0.2) is 5.75 Å². The Bertz CT molecular complexity index is 322. The largest absolute Gasteiger partial charge is 0.417 e. The number of rotatable bonds is 2. The van der Waals surface area contributed by atoms with Gasteiger partial charge in [0, 0.05) is 9.37 Å². The third-order valence-corrected chi connectivity index (χ3v) is 2.98. The molecule has 1 rings (SSSR count). The molecule has 0 saturated carbocycles. The number of hydrogen-bond acceptors (Lipinski definition) is 1. The van der Waals surface area contributed by atoms with Crippen LogP contribution in [0.1, 0.15) is 12.5 Å². The fourth-order valence-electron chi connectivity index (χ4n) is 1.01. The summed E-state index contributed by atoms with van der Waals surface area (Å²) in [7, 11) is 0. The Morgan fingerprint density at radius 1 is 1.36 bits per heavy atom. The van der Waals surface area contributed by atoms with E-state index in [1.54, 1.807) is 0 Å². The molecular weight excluding hydrogens is 277 g/mol. The first-order valence-electron chi connectivity index (χ1n) is 3.94. The van der Waals surface area contributed by atoms with Crippen molar-refractivity contribution >= 4 is 27.7 Å². The Morgan fingerprint density at radius 3 is 2.50 bits per heavy atom. The van der Waals surface area contributed by atoms with Crippen molar-refractivity contribution in [1.29, 1.82) is 0 Å². The van der Waals surface area contributed by atoms with Crippen LogP contribution in [-0.2, 0) is 6.18 Å². The first kappa shape index (κ1) is 11.9. The average Bonchev–Trinajstić information content (AvgIpc) is 2.02. The summed E-state index contributed by atoms with van der Waals surface area (Å²) >= 11 is 4.35. The van der Waals surface area contributed by atoms with Crippen LogP contribution in [0.2, 0.25) is 0 Å². The predicted octanol–water partition coefficient (Wildman–Crippen LogP) is 4.58. The van der Waals surface area contributed by atoms with Crippen molar-refractivity contribution < 1.29 is 13.2 Å². The zero-order valence-corrected chi connectivity index (χ0v) is 9.76. The molecule has 0 nitrogen and oxygen atoms in total. The number of halogens is 4. The lowest BCUT2D eigenvalue weighted by atomic mass is 10.2. The molecule has 14 heavy (non-hydrogen) atoms. The maximum Gasteiger partial charge on any atom is 0.417 e. The van der Waals surface area contributed by atoms with Crippen molar-refractivity contribution in [3.8, 4) is 0 Å². The van der Waals surface area contributed by atoms with Crippen LogP contribution >= 0.6 is 27.7 Å². The normalized spacial score (nSPS) is 11.8. The van der Waals surface area contributed by atoms with E-state index in [9.17, 15) is 13.2 Å². The molecule has 0 fully saturated rings. The molecule has 1 aromatic carbocycles. The topological polar surface area (TPSA) is 0 Å². The number of thioether (sulfide) groups is 1. The highest BCUT2D eigenvalue weighted by atomic mass is 79.9. The lowest BCUT2D eigenvalue weighted by Crippen LogP contribution is -2.06. The molecule has 0 aromatic heterocycles. The average molecular weight is 285 g/mol. The van der Waals surface area contributed by atoms with E-state index in [1.807, 2.05) is 6.92 Å². The smallest absolute Gasteiger partial charge is 0.166 e. The van der Waals surface area contributed by atoms with E-state index in [0.717, 1.165) is 6.07 Å². The first-order chi connectivity index (χ1) is 6.45. The predicted molar refractivity (Wildman–Crippen MR) is 55.5 cm³/mol. The summed E-state index contributed by atoms with van der Waals surface area (Å²) in [5.74, 6) is 0.625. The summed E-state index contributed by atoms with van der Waals surface area (Å²) in [6.45, 7) is 1.83. The van der Waals surface area contributed by atoms with Crippen molar-refractivity contribution in [2.45, 2.75) is 18.0 Å². The summed E-state index contributed by atoms with van der Waals surface area (Å²) in [5, 5.41) is 0. The van der Waals surface area contributed by atoms with Gasteiger partial charge in [0.05, 0.1) is 5.56 Å². The Hall–Kier alpha value is -0.160. The summed E-state index contributed by atoms with van der Waals surface area (Å²) in [6, 6.07) is 4.00. The Morgan fingerprint density at radius 2 is 2.00 bits per heavy atom. The van der Waals surface area contributed by atoms with Gasteiger partial charge < -0.3 is 0 Å². The van der Waals surface area contributed by atoms with Crippen LogP contribution in [0.4, 0.5) is 13.2 Å². The van der Waals surface area contributed by atoms with Gasteiger partial charge in [0.15, 0.2) is 0 Å². The molecule has 0 saturated heterocycles. The number of hydrogen-bond donors (Lipinski definition) is 0. The van der Waals surface area contributed by atoms with Gasteiger partial charge in [0.1, 0.15) is 0 Å². The van der Waals surface area contributed by atoms with E-state index >= 15 is 0 Å². The van der Waals surface area contributed by atoms with Gasteiger partial charge in [-0.25, -0.2) is 0 Å². The molecule has 5 heteroatoms. The Kier molecular flexibility index (Phi) is 3.89. The van der Waals surface area contributed by atoms with Crippen LogP contribution in [0.25, 0.3) is 0 Å². The second-order valence-corrected chi connectivity index (χ2v) is 4.79. The van der Waals surface area contributed by atoms with Gasteiger partial charge in [-0.15, -0.1) is 11.8 Å². The minimum atomic E-state index is -4.27. The Balaban J connectivity index is 3.15. The van der Waals surface area contributed by atoms with Crippen LogP contribution < -0.4 is 0 Å². The molecule has 0 atom stereocenters. The van der Waals surface area contributed by atoms with Gasteiger partial charge in [0.2, 0.25) is 0 Å². The van der Waals surface area contributed by atoms with Gasteiger partial charge in [-0.05, 0) is 24.0 Å². The third kappa shape index (κ3) is 2.92. The van der Waals surface area contributed by atoms with E-state index in [-0.39, 0.29) is 4.90 Å². The SMILES string of the molecule is CCSc1cc(Br)ccc1C(F)(F)F. The molecule has 0 aliphatic carbocycles. The van der Waals surface area contributed by atoms with E-state index < -0.39 is 11.7 Å². The molecule has 0 N–H and O–H groups in total. The molecule has 78 valence electrons. The van der Waals surface area contributed by atoms with Crippen molar-refractivity contribution in [3.05, 3.63) is 28.2 Å².